The summed E-state index contributed by atoms with van der Waals surface area (Å²) in [7, 11) is 1.69. The van der Waals surface area contributed by atoms with Crippen molar-refractivity contribution in [3.8, 4) is 5.75 Å². The fourth-order valence-corrected chi connectivity index (χ4v) is 4.79. The number of aromatic hydroxyl groups is 1. The van der Waals surface area contributed by atoms with Crippen LogP contribution in [0, 0.1) is 6.92 Å². The van der Waals surface area contributed by atoms with Crippen LogP contribution in [0.3, 0.4) is 0 Å². The third kappa shape index (κ3) is 7.68. The van der Waals surface area contributed by atoms with Gasteiger partial charge in [0.15, 0.2) is 5.17 Å². The molecule has 0 bridgehead atoms. The molecule has 3 rings (SSSR count). The van der Waals surface area contributed by atoms with Gasteiger partial charge in [-0.2, -0.15) is 0 Å². The number of hydrogen-bond acceptors (Lipinski definition) is 4. The van der Waals surface area contributed by atoms with Gasteiger partial charge in [0.25, 0.3) is 0 Å². The number of nitrogens with zero attached hydrogens (tertiary/aromatic N) is 2. The summed E-state index contributed by atoms with van der Waals surface area (Å²) in [5, 5.41) is 11.6. The lowest BCUT2D eigenvalue weighted by molar-refractivity contribution is 0.175. The first-order valence-corrected chi connectivity index (χ1v) is 12.3. The van der Waals surface area contributed by atoms with Crippen LogP contribution in [-0.2, 0) is 17.7 Å². The molecule has 33 heavy (non-hydrogen) atoms. The summed E-state index contributed by atoms with van der Waals surface area (Å²) in [5.41, 5.74) is 4.25. The van der Waals surface area contributed by atoms with Crippen LogP contribution < -0.4 is 0 Å². The fraction of sp³-hybridized carbons (Fsp3) is 0.269. The highest BCUT2D eigenvalue weighted by Gasteiger charge is 2.16. The largest absolute Gasteiger partial charge is 0.508 e. The zero-order valence-corrected chi connectivity index (χ0v) is 21.3. The number of aryl methyl sites for hydroxylation is 2. The van der Waals surface area contributed by atoms with E-state index in [9.17, 15) is 5.11 Å². The fourth-order valence-electron chi connectivity index (χ4n) is 3.28. The molecule has 0 aliphatic rings. The van der Waals surface area contributed by atoms with Crippen LogP contribution in [0.25, 0.3) is 0 Å². The van der Waals surface area contributed by atoms with Crippen molar-refractivity contribution in [2.45, 2.75) is 31.7 Å². The molecule has 0 aliphatic carbocycles. The number of aliphatic imine (C=N–C) groups is 1. The van der Waals surface area contributed by atoms with Crippen LogP contribution in [0.5, 0.6) is 5.75 Å². The van der Waals surface area contributed by atoms with Gasteiger partial charge in [0.05, 0.1) is 12.3 Å². The Labute approximate surface area is 210 Å². The number of amidine groups is 1. The van der Waals surface area contributed by atoms with Crippen LogP contribution in [-0.4, -0.2) is 35.4 Å². The molecule has 4 nitrogen and oxygen atoms in total. The summed E-state index contributed by atoms with van der Waals surface area (Å²) in [4.78, 5) is 8.26. The molecular formula is C26H28Cl2N2O2S. The lowest BCUT2D eigenvalue weighted by atomic mass is 10.1. The predicted molar refractivity (Wildman–Crippen MR) is 140 cm³/mol. The van der Waals surface area contributed by atoms with Crippen LogP contribution in [0.1, 0.15) is 23.6 Å². The smallest absolute Gasteiger partial charge is 0.169 e. The van der Waals surface area contributed by atoms with Gasteiger partial charge in [0.2, 0.25) is 0 Å². The molecule has 174 valence electrons. The van der Waals surface area contributed by atoms with Crippen LogP contribution >= 0.6 is 35.0 Å². The first-order valence-electron chi connectivity index (χ1n) is 10.7. The Morgan fingerprint density at radius 1 is 1.00 bits per heavy atom. The Morgan fingerprint density at radius 3 is 2.27 bits per heavy atom. The molecule has 0 aliphatic heterocycles. The lowest BCUT2D eigenvalue weighted by Gasteiger charge is -2.26. The van der Waals surface area contributed by atoms with Crippen molar-refractivity contribution in [2.24, 2.45) is 4.99 Å². The number of hydrogen-bond donors (Lipinski definition) is 1. The molecule has 0 heterocycles. The van der Waals surface area contributed by atoms with E-state index in [2.05, 4.69) is 36.9 Å². The molecule has 0 radical (unpaired) electrons. The second-order valence-electron chi connectivity index (χ2n) is 7.66. The summed E-state index contributed by atoms with van der Waals surface area (Å²) >= 11 is 14.1. The highest BCUT2D eigenvalue weighted by atomic mass is 35.5. The highest BCUT2D eigenvalue weighted by molar-refractivity contribution is 8.13. The molecule has 3 aromatic carbocycles. The number of rotatable bonds is 8. The first-order chi connectivity index (χ1) is 15.9. The average Bonchev–Trinajstić information content (AvgIpc) is 2.78. The highest BCUT2D eigenvalue weighted by Crippen LogP contribution is 2.31. The SMILES string of the molecule is CCc1ccc(SC(=Nc2cc(Cl)cc(Cl)c2)N(CCOC)Cc2ccc(O)cc2)c(C)c1. The van der Waals surface area contributed by atoms with E-state index in [1.54, 1.807) is 49.2 Å². The Bertz CT molecular complexity index is 1080. The quantitative estimate of drug-likeness (QED) is 0.196. The zero-order valence-electron chi connectivity index (χ0n) is 19.0. The molecule has 0 saturated heterocycles. The summed E-state index contributed by atoms with van der Waals surface area (Å²) in [5.74, 6) is 0.241. The van der Waals surface area contributed by atoms with Crippen molar-refractivity contribution in [2.75, 3.05) is 20.3 Å². The monoisotopic (exact) mass is 502 g/mol. The van der Waals surface area contributed by atoms with Crippen molar-refractivity contribution >= 4 is 45.8 Å². The molecule has 0 amide bonds. The Balaban J connectivity index is 2.02. The second-order valence-corrected chi connectivity index (χ2v) is 9.54. The molecular weight excluding hydrogens is 475 g/mol. The summed E-state index contributed by atoms with van der Waals surface area (Å²) in [6, 6.07) is 19.0. The van der Waals surface area contributed by atoms with Gasteiger partial charge in [-0.25, -0.2) is 4.99 Å². The minimum atomic E-state index is 0.241. The number of phenolic OH excluding ortho intramolecular Hbond substituents is 1. The summed E-state index contributed by atoms with van der Waals surface area (Å²) < 4.78 is 5.38. The van der Waals surface area contributed by atoms with Crippen molar-refractivity contribution in [1.82, 2.24) is 4.90 Å². The third-order valence-electron chi connectivity index (χ3n) is 5.07. The summed E-state index contributed by atoms with van der Waals surface area (Å²) in [6.07, 6.45) is 0.995. The maximum Gasteiger partial charge on any atom is 0.169 e. The van der Waals surface area contributed by atoms with Crippen LogP contribution in [0.4, 0.5) is 5.69 Å². The van der Waals surface area contributed by atoms with Crippen molar-refractivity contribution in [3.63, 3.8) is 0 Å². The number of halogens is 2. The second kappa shape index (κ2) is 12.3. The first kappa shape index (κ1) is 25.4. The van der Waals surface area contributed by atoms with E-state index < -0.39 is 0 Å². The van der Waals surface area contributed by atoms with Gasteiger partial charge in [-0.15, -0.1) is 0 Å². The van der Waals surface area contributed by atoms with E-state index in [0.29, 0.717) is 35.4 Å². The molecule has 0 spiro atoms. The van der Waals surface area contributed by atoms with E-state index in [0.717, 1.165) is 22.0 Å². The summed E-state index contributed by atoms with van der Waals surface area (Å²) in [6.45, 7) is 6.07. The number of phenols is 1. The van der Waals surface area contributed by atoms with Crippen LogP contribution in [0.2, 0.25) is 10.0 Å². The van der Waals surface area contributed by atoms with E-state index in [-0.39, 0.29) is 5.75 Å². The Hall–Kier alpha value is -2.18. The molecule has 0 aromatic heterocycles. The van der Waals surface area contributed by atoms with Crippen molar-refractivity contribution in [1.29, 1.82) is 0 Å². The van der Waals surface area contributed by atoms with Gasteiger partial charge < -0.3 is 14.7 Å². The van der Waals surface area contributed by atoms with Gasteiger partial charge in [0, 0.05) is 35.1 Å². The molecule has 1 N–H and O–H groups in total. The van der Waals surface area contributed by atoms with Gasteiger partial charge in [-0.1, -0.05) is 66.2 Å². The normalized spacial score (nSPS) is 11.6. The van der Waals surface area contributed by atoms with E-state index in [4.69, 9.17) is 32.9 Å². The number of benzene rings is 3. The van der Waals surface area contributed by atoms with Crippen molar-refractivity contribution < 1.29 is 9.84 Å². The molecule has 7 heteroatoms. The van der Waals surface area contributed by atoms with Gasteiger partial charge in [-0.3, -0.25) is 0 Å². The average molecular weight is 503 g/mol. The van der Waals surface area contributed by atoms with Crippen LogP contribution in [0.15, 0.2) is 70.6 Å². The molecule has 3 aromatic rings. The zero-order chi connectivity index (χ0) is 23.8. The molecule has 0 atom stereocenters. The molecule has 0 unspecified atom stereocenters. The molecule has 0 fully saturated rings. The standard InChI is InChI=1S/C26H28Cl2N2O2S/c1-4-19-7-10-25(18(2)13-19)33-26(29-23-15-21(27)14-22(28)16-23)30(11-12-32-3)17-20-5-8-24(31)9-6-20/h5-10,13-16,31H,4,11-12,17H2,1-3H3. The van der Waals surface area contributed by atoms with E-state index in [1.165, 1.54) is 11.1 Å². The molecule has 0 saturated carbocycles. The minimum Gasteiger partial charge on any atom is -0.508 e. The third-order valence-corrected chi connectivity index (χ3v) is 6.71. The van der Waals surface area contributed by atoms with Crippen molar-refractivity contribution in [3.05, 3.63) is 87.4 Å². The number of methoxy groups -OCH3 is 1. The lowest BCUT2D eigenvalue weighted by Crippen LogP contribution is -2.31. The van der Waals surface area contributed by atoms with E-state index >= 15 is 0 Å². The number of thioether (sulfide) groups is 1. The maximum absolute atomic E-state index is 9.67. The maximum atomic E-state index is 9.67. The number of ether oxygens (including phenoxy) is 1. The minimum absolute atomic E-state index is 0.241. The Kier molecular flexibility index (Phi) is 9.51. The van der Waals surface area contributed by atoms with Gasteiger partial charge in [0.1, 0.15) is 5.75 Å². The van der Waals surface area contributed by atoms with Gasteiger partial charge >= 0.3 is 0 Å². The van der Waals surface area contributed by atoms with Gasteiger partial charge in [-0.05, 0) is 66.4 Å². The topological polar surface area (TPSA) is 45.1 Å². The van der Waals surface area contributed by atoms with E-state index in [1.807, 2.05) is 12.1 Å². The Morgan fingerprint density at radius 2 is 1.67 bits per heavy atom. The predicted octanol–water partition coefficient (Wildman–Crippen LogP) is 7.50.